The summed E-state index contributed by atoms with van der Waals surface area (Å²) in [7, 11) is -3.73. The molecule has 1 atom stereocenters. The number of nitrogen functional groups attached to an aromatic ring is 1. The third kappa shape index (κ3) is 3.36. The van der Waals surface area contributed by atoms with Crippen LogP contribution in [-0.2, 0) is 10.0 Å². The number of nitrogens with one attached hydrogen (secondary N) is 1. The highest BCUT2D eigenvalue weighted by atomic mass is 32.2. The summed E-state index contributed by atoms with van der Waals surface area (Å²) in [6.07, 6.45) is 0. The van der Waals surface area contributed by atoms with Crippen LogP contribution in [0.15, 0.2) is 59.5 Å². The maximum Gasteiger partial charge on any atom is 0.241 e. The molecule has 2 rings (SSSR count). The Kier molecular flexibility index (Phi) is 4.39. The molecule has 0 unspecified atom stereocenters. The first-order valence-electron chi connectivity index (χ1n) is 6.06. The van der Waals surface area contributed by atoms with E-state index in [2.05, 4.69) is 4.72 Å². The van der Waals surface area contributed by atoms with Crippen LogP contribution in [0.5, 0.6) is 0 Å². The average Bonchev–Trinajstić information content (AvgIpc) is 2.46. The number of aliphatic hydroxyl groups excluding tert-OH is 1. The first-order valence-corrected chi connectivity index (χ1v) is 7.55. The summed E-state index contributed by atoms with van der Waals surface area (Å²) in [5, 5.41) is 9.39. The first kappa shape index (κ1) is 14.5. The van der Waals surface area contributed by atoms with E-state index in [1.807, 2.05) is 6.07 Å². The van der Waals surface area contributed by atoms with E-state index in [-0.39, 0.29) is 11.5 Å². The van der Waals surface area contributed by atoms with Crippen LogP contribution in [0.2, 0.25) is 0 Å². The summed E-state index contributed by atoms with van der Waals surface area (Å²) in [6, 6.07) is 14.2. The predicted octanol–water partition coefficient (Wildman–Crippen LogP) is 1.28. The molecule has 0 heterocycles. The molecule has 0 aliphatic carbocycles. The van der Waals surface area contributed by atoms with Gasteiger partial charge in [-0.05, 0) is 23.8 Å². The standard InChI is InChI=1S/C14H16N2O3S/c15-12-7-4-8-13(9-12)20(18,19)16-14(10-17)11-5-2-1-3-6-11/h1-9,14,16-17H,10,15H2/t14-/m0/s1. The molecule has 0 aromatic heterocycles. The van der Waals surface area contributed by atoms with Crippen molar-refractivity contribution in [1.29, 1.82) is 0 Å². The molecule has 0 spiro atoms. The Bertz CT molecular complexity index is 672. The Morgan fingerprint density at radius 1 is 1.10 bits per heavy atom. The van der Waals surface area contributed by atoms with Crippen LogP contribution < -0.4 is 10.5 Å². The van der Waals surface area contributed by atoms with Gasteiger partial charge in [0, 0.05) is 5.69 Å². The van der Waals surface area contributed by atoms with Crippen molar-refractivity contribution in [3.05, 3.63) is 60.2 Å². The molecule has 5 nitrogen and oxygen atoms in total. The highest BCUT2D eigenvalue weighted by Crippen LogP contribution is 2.18. The number of anilines is 1. The maximum absolute atomic E-state index is 12.2. The normalized spacial score (nSPS) is 13.1. The second-order valence-corrected chi connectivity index (χ2v) is 6.05. The van der Waals surface area contributed by atoms with Gasteiger partial charge in [-0.1, -0.05) is 36.4 Å². The van der Waals surface area contributed by atoms with Crippen molar-refractivity contribution in [1.82, 2.24) is 4.72 Å². The lowest BCUT2D eigenvalue weighted by molar-refractivity contribution is 0.259. The third-order valence-corrected chi connectivity index (χ3v) is 4.32. The van der Waals surface area contributed by atoms with E-state index in [0.717, 1.165) is 0 Å². The second kappa shape index (κ2) is 6.04. The van der Waals surface area contributed by atoms with E-state index in [4.69, 9.17) is 5.73 Å². The van der Waals surface area contributed by atoms with E-state index in [1.165, 1.54) is 12.1 Å². The molecule has 0 aliphatic rings. The molecule has 106 valence electrons. The van der Waals surface area contributed by atoms with Gasteiger partial charge in [0.15, 0.2) is 0 Å². The highest BCUT2D eigenvalue weighted by molar-refractivity contribution is 7.89. The number of aliphatic hydroxyl groups is 1. The summed E-state index contributed by atoms with van der Waals surface area (Å²) < 4.78 is 27.0. The van der Waals surface area contributed by atoms with Gasteiger partial charge in [-0.25, -0.2) is 13.1 Å². The van der Waals surface area contributed by atoms with Crippen molar-refractivity contribution in [3.8, 4) is 0 Å². The molecule has 0 amide bonds. The Morgan fingerprint density at radius 2 is 1.80 bits per heavy atom. The van der Waals surface area contributed by atoms with E-state index in [1.54, 1.807) is 36.4 Å². The number of nitrogens with two attached hydrogens (primary N) is 1. The van der Waals surface area contributed by atoms with E-state index in [0.29, 0.717) is 11.3 Å². The van der Waals surface area contributed by atoms with Gasteiger partial charge in [-0.15, -0.1) is 0 Å². The summed E-state index contributed by atoms with van der Waals surface area (Å²) >= 11 is 0. The van der Waals surface area contributed by atoms with Crippen LogP contribution >= 0.6 is 0 Å². The molecule has 0 fully saturated rings. The van der Waals surface area contributed by atoms with Crippen molar-refractivity contribution >= 4 is 15.7 Å². The second-order valence-electron chi connectivity index (χ2n) is 4.34. The lowest BCUT2D eigenvalue weighted by atomic mass is 10.1. The number of rotatable bonds is 5. The monoisotopic (exact) mass is 292 g/mol. The van der Waals surface area contributed by atoms with Crippen LogP contribution in [0.25, 0.3) is 0 Å². The topological polar surface area (TPSA) is 92.4 Å². The molecule has 2 aromatic rings. The zero-order valence-corrected chi connectivity index (χ0v) is 11.5. The summed E-state index contributed by atoms with van der Waals surface area (Å²) in [4.78, 5) is 0.0758. The zero-order valence-electron chi connectivity index (χ0n) is 10.7. The van der Waals surface area contributed by atoms with Gasteiger partial charge in [-0.2, -0.15) is 0 Å². The Balaban J connectivity index is 2.27. The van der Waals surface area contributed by atoms with Gasteiger partial charge in [0.1, 0.15) is 0 Å². The summed E-state index contributed by atoms with van der Waals surface area (Å²) in [5.41, 5.74) is 6.65. The smallest absolute Gasteiger partial charge is 0.241 e. The lowest BCUT2D eigenvalue weighted by Gasteiger charge is -2.17. The van der Waals surface area contributed by atoms with E-state index in [9.17, 15) is 13.5 Å². The zero-order chi connectivity index (χ0) is 14.6. The quantitative estimate of drug-likeness (QED) is 0.724. The summed E-state index contributed by atoms with van der Waals surface area (Å²) in [6.45, 7) is -0.328. The summed E-state index contributed by atoms with van der Waals surface area (Å²) in [5.74, 6) is 0. The molecule has 0 saturated carbocycles. The molecular formula is C14H16N2O3S. The number of sulfonamides is 1. The van der Waals surface area contributed by atoms with Gasteiger partial charge < -0.3 is 10.8 Å². The molecule has 0 bridgehead atoms. The predicted molar refractivity (Wildman–Crippen MR) is 77.4 cm³/mol. The maximum atomic E-state index is 12.2. The van der Waals surface area contributed by atoms with Crippen LogP contribution in [0.4, 0.5) is 5.69 Å². The fourth-order valence-corrected chi connectivity index (χ4v) is 3.10. The largest absolute Gasteiger partial charge is 0.399 e. The fourth-order valence-electron chi connectivity index (χ4n) is 1.83. The first-order chi connectivity index (χ1) is 9.53. The van der Waals surface area contributed by atoms with Gasteiger partial charge >= 0.3 is 0 Å². The van der Waals surface area contributed by atoms with Gasteiger partial charge in [0.05, 0.1) is 17.5 Å². The highest BCUT2D eigenvalue weighted by Gasteiger charge is 2.20. The molecule has 6 heteroatoms. The van der Waals surface area contributed by atoms with Crippen molar-refractivity contribution in [2.24, 2.45) is 0 Å². The number of hydrogen-bond acceptors (Lipinski definition) is 4. The van der Waals surface area contributed by atoms with E-state index < -0.39 is 16.1 Å². The molecule has 20 heavy (non-hydrogen) atoms. The number of hydrogen-bond donors (Lipinski definition) is 3. The minimum absolute atomic E-state index is 0.0758. The molecular weight excluding hydrogens is 276 g/mol. The lowest BCUT2D eigenvalue weighted by Crippen LogP contribution is -2.30. The Labute approximate surface area is 118 Å². The van der Waals surface area contributed by atoms with Gasteiger partial charge in [0.2, 0.25) is 10.0 Å². The minimum atomic E-state index is -3.73. The SMILES string of the molecule is Nc1cccc(S(=O)(=O)N[C@@H](CO)c2ccccc2)c1. The number of benzene rings is 2. The average molecular weight is 292 g/mol. The van der Waals surface area contributed by atoms with Crippen LogP contribution in [0.1, 0.15) is 11.6 Å². The van der Waals surface area contributed by atoms with Crippen molar-refractivity contribution < 1.29 is 13.5 Å². The minimum Gasteiger partial charge on any atom is -0.399 e. The van der Waals surface area contributed by atoms with Crippen molar-refractivity contribution in [2.75, 3.05) is 12.3 Å². The molecule has 4 N–H and O–H groups in total. The molecule has 0 saturated heterocycles. The Hall–Kier alpha value is -1.89. The van der Waals surface area contributed by atoms with Gasteiger partial charge in [-0.3, -0.25) is 0 Å². The Morgan fingerprint density at radius 3 is 2.40 bits per heavy atom. The van der Waals surface area contributed by atoms with Crippen molar-refractivity contribution in [3.63, 3.8) is 0 Å². The molecule has 0 radical (unpaired) electrons. The molecule has 0 aliphatic heterocycles. The molecule has 2 aromatic carbocycles. The van der Waals surface area contributed by atoms with Crippen LogP contribution in [0, 0.1) is 0 Å². The van der Waals surface area contributed by atoms with Crippen LogP contribution in [-0.4, -0.2) is 20.1 Å². The van der Waals surface area contributed by atoms with Crippen molar-refractivity contribution in [2.45, 2.75) is 10.9 Å². The fraction of sp³-hybridized carbons (Fsp3) is 0.143. The van der Waals surface area contributed by atoms with Crippen LogP contribution in [0.3, 0.4) is 0 Å². The van der Waals surface area contributed by atoms with Gasteiger partial charge in [0.25, 0.3) is 0 Å². The van der Waals surface area contributed by atoms with E-state index >= 15 is 0 Å². The third-order valence-electron chi connectivity index (χ3n) is 2.85.